The summed E-state index contributed by atoms with van der Waals surface area (Å²) in [6.07, 6.45) is 2.24. The Bertz CT molecular complexity index is 384. The van der Waals surface area contributed by atoms with E-state index in [4.69, 9.17) is 0 Å². The van der Waals surface area contributed by atoms with Gasteiger partial charge in [-0.2, -0.15) is 0 Å². The molecule has 0 atom stereocenters. The minimum atomic E-state index is 0.0571. The van der Waals surface area contributed by atoms with Crippen molar-refractivity contribution in [1.29, 1.82) is 0 Å². The van der Waals surface area contributed by atoms with Crippen molar-refractivity contribution >= 4 is 5.91 Å². The largest absolute Gasteiger partial charge is 0.352 e. The first kappa shape index (κ1) is 12.1. The maximum Gasteiger partial charge on any atom is 0.251 e. The Kier molecular flexibility index (Phi) is 4.15. The fraction of sp³-hybridized carbons (Fsp3) is 0.500. The summed E-state index contributed by atoms with van der Waals surface area (Å²) >= 11 is 0. The molecule has 0 unspecified atom stereocenters. The predicted molar refractivity (Wildman–Crippen MR) is 69.3 cm³/mol. The first-order chi connectivity index (χ1) is 8.33. The minimum absolute atomic E-state index is 0.0571. The number of nitrogens with one attached hydrogen (secondary N) is 2. The van der Waals surface area contributed by atoms with Crippen LogP contribution in [-0.4, -0.2) is 25.5 Å². The maximum atomic E-state index is 12.0. The van der Waals surface area contributed by atoms with Gasteiger partial charge < -0.3 is 10.6 Å². The number of hydrogen-bond acceptors (Lipinski definition) is 2. The predicted octanol–water partition coefficient (Wildman–Crippen LogP) is 1.90. The number of piperidine rings is 1. The van der Waals surface area contributed by atoms with Gasteiger partial charge in [0.05, 0.1) is 0 Å². The molecule has 1 aromatic carbocycles. The van der Waals surface area contributed by atoms with Crippen molar-refractivity contribution in [3.05, 3.63) is 35.4 Å². The third-order valence-electron chi connectivity index (χ3n) is 3.32. The second kappa shape index (κ2) is 5.82. The Balaban J connectivity index is 2.23. The second-order valence-electron chi connectivity index (χ2n) is 4.47. The first-order valence-corrected chi connectivity index (χ1v) is 6.40. The van der Waals surface area contributed by atoms with Gasteiger partial charge in [-0.15, -0.1) is 0 Å². The third kappa shape index (κ3) is 2.86. The lowest BCUT2D eigenvalue weighted by atomic mass is 9.87. The van der Waals surface area contributed by atoms with Crippen LogP contribution in [-0.2, 0) is 0 Å². The van der Waals surface area contributed by atoms with Crippen LogP contribution in [0.5, 0.6) is 0 Å². The molecule has 0 saturated carbocycles. The van der Waals surface area contributed by atoms with Crippen LogP contribution in [0, 0.1) is 0 Å². The van der Waals surface area contributed by atoms with Gasteiger partial charge in [0.1, 0.15) is 0 Å². The van der Waals surface area contributed by atoms with Gasteiger partial charge in [-0.1, -0.05) is 18.2 Å². The van der Waals surface area contributed by atoms with Gasteiger partial charge in [0.2, 0.25) is 0 Å². The summed E-state index contributed by atoms with van der Waals surface area (Å²) in [6.45, 7) is 4.73. The molecule has 1 amide bonds. The fourth-order valence-corrected chi connectivity index (χ4v) is 2.45. The highest BCUT2D eigenvalue weighted by molar-refractivity contribution is 5.95. The van der Waals surface area contributed by atoms with E-state index in [0.29, 0.717) is 12.5 Å². The minimum Gasteiger partial charge on any atom is -0.352 e. The number of amides is 1. The molecule has 0 spiro atoms. The molecule has 0 aromatic heterocycles. The van der Waals surface area contributed by atoms with Crippen molar-refractivity contribution < 1.29 is 4.79 Å². The van der Waals surface area contributed by atoms with E-state index in [2.05, 4.69) is 16.7 Å². The third-order valence-corrected chi connectivity index (χ3v) is 3.32. The molecule has 92 valence electrons. The number of hydrogen-bond donors (Lipinski definition) is 2. The van der Waals surface area contributed by atoms with E-state index in [1.165, 1.54) is 5.56 Å². The first-order valence-electron chi connectivity index (χ1n) is 6.40. The molecule has 0 bridgehead atoms. The van der Waals surface area contributed by atoms with Crippen molar-refractivity contribution in [2.75, 3.05) is 19.6 Å². The molecule has 2 rings (SSSR count). The highest BCUT2D eigenvalue weighted by atomic mass is 16.1. The summed E-state index contributed by atoms with van der Waals surface area (Å²) in [5.41, 5.74) is 2.06. The van der Waals surface area contributed by atoms with Gasteiger partial charge in [-0.05, 0) is 50.4 Å². The molecule has 0 aliphatic carbocycles. The SMILES string of the molecule is CCNC(=O)c1ccccc1C1CCNCC1. The fourth-order valence-electron chi connectivity index (χ4n) is 2.45. The Hall–Kier alpha value is -1.35. The number of carbonyl (C=O) groups excluding carboxylic acids is 1. The molecule has 2 N–H and O–H groups in total. The van der Waals surface area contributed by atoms with Crippen LogP contribution in [0.15, 0.2) is 24.3 Å². The van der Waals surface area contributed by atoms with Crippen molar-refractivity contribution in [3.8, 4) is 0 Å². The maximum absolute atomic E-state index is 12.0. The van der Waals surface area contributed by atoms with Gasteiger partial charge in [-0.3, -0.25) is 4.79 Å². The standard InChI is InChI=1S/C14H20N2O/c1-2-16-14(17)13-6-4-3-5-12(13)11-7-9-15-10-8-11/h3-6,11,15H,2,7-10H2,1H3,(H,16,17). The van der Waals surface area contributed by atoms with Crippen molar-refractivity contribution in [2.24, 2.45) is 0 Å². The molecule has 1 aliphatic heterocycles. The summed E-state index contributed by atoms with van der Waals surface area (Å²) in [7, 11) is 0. The molecule has 17 heavy (non-hydrogen) atoms. The van der Waals surface area contributed by atoms with Gasteiger partial charge in [-0.25, -0.2) is 0 Å². The average Bonchev–Trinajstić information content (AvgIpc) is 2.40. The van der Waals surface area contributed by atoms with Crippen LogP contribution >= 0.6 is 0 Å². The number of benzene rings is 1. The zero-order valence-electron chi connectivity index (χ0n) is 10.3. The smallest absolute Gasteiger partial charge is 0.251 e. The molecule has 1 fully saturated rings. The average molecular weight is 232 g/mol. The summed E-state index contributed by atoms with van der Waals surface area (Å²) in [4.78, 5) is 12.0. The van der Waals surface area contributed by atoms with Crippen LogP contribution in [0.2, 0.25) is 0 Å². The van der Waals surface area contributed by atoms with E-state index in [1.807, 2.05) is 25.1 Å². The molecule has 3 heteroatoms. The topological polar surface area (TPSA) is 41.1 Å². The zero-order valence-corrected chi connectivity index (χ0v) is 10.3. The summed E-state index contributed by atoms with van der Waals surface area (Å²) in [6, 6.07) is 8.00. The molecule has 1 heterocycles. The van der Waals surface area contributed by atoms with Crippen molar-refractivity contribution in [2.45, 2.75) is 25.7 Å². The number of carbonyl (C=O) groups is 1. The van der Waals surface area contributed by atoms with Crippen LogP contribution in [0.3, 0.4) is 0 Å². The van der Waals surface area contributed by atoms with E-state index >= 15 is 0 Å². The molecule has 1 aliphatic rings. The van der Waals surface area contributed by atoms with Crippen molar-refractivity contribution in [3.63, 3.8) is 0 Å². The Morgan fingerprint density at radius 1 is 1.35 bits per heavy atom. The van der Waals surface area contributed by atoms with Crippen LogP contribution in [0.4, 0.5) is 0 Å². The molecule has 1 aromatic rings. The molecular weight excluding hydrogens is 212 g/mol. The summed E-state index contributed by atoms with van der Waals surface area (Å²) < 4.78 is 0. The van der Waals surface area contributed by atoms with E-state index in [9.17, 15) is 4.79 Å². The Morgan fingerprint density at radius 2 is 2.06 bits per heavy atom. The van der Waals surface area contributed by atoms with Crippen LogP contribution in [0.1, 0.15) is 41.6 Å². The lowest BCUT2D eigenvalue weighted by Gasteiger charge is -2.24. The van der Waals surface area contributed by atoms with Gasteiger partial charge >= 0.3 is 0 Å². The molecule has 3 nitrogen and oxygen atoms in total. The highest BCUT2D eigenvalue weighted by Crippen LogP contribution is 2.27. The lowest BCUT2D eigenvalue weighted by Crippen LogP contribution is -2.29. The molecule has 0 radical (unpaired) electrons. The Labute approximate surface area is 103 Å². The van der Waals surface area contributed by atoms with Gasteiger partial charge in [0, 0.05) is 12.1 Å². The monoisotopic (exact) mass is 232 g/mol. The summed E-state index contributed by atoms with van der Waals surface area (Å²) in [5, 5.41) is 6.24. The van der Waals surface area contributed by atoms with Crippen molar-refractivity contribution in [1.82, 2.24) is 10.6 Å². The van der Waals surface area contributed by atoms with E-state index in [0.717, 1.165) is 31.5 Å². The van der Waals surface area contributed by atoms with Gasteiger partial charge in [0.15, 0.2) is 0 Å². The van der Waals surface area contributed by atoms with Crippen LogP contribution < -0.4 is 10.6 Å². The zero-order chi connectivity index (χ0) is 12.1. The number of rotatable bonds is 3. The molecule has 1 saturated heterocycles. The van der Waals surface area contributed by atoms with Gasteiger partial charge in [0.25, 0.3) is 5.91 Å². The van der Waals surface area contributed by atoms with E-state index in [-0.39, 0.29) is 5.91 Å². The highest BCUT2D eigenvalue weighted by Gasteiger charge is 2.20. The Morgan fingerprint density at radius 3 is 2.76 bits per heavy atom. The second-order valence-corrected chi connectivity index (χ2v) is 4.47. The molecular formula is C14H20N2O. The normalized spacial score (nSPS) is 16.8. The van der Waals surface area contributed by atoms with E-state index < -0.39 is 0 Å². The lowest BCUT2D eigenvalue weighted by molar-refractivity contribution is 0.0954. The van der Waals surface area contributed by atoms with E-state index in [1.54, 1.807) is 0 Å². The van der Waals surface area contributed by atoms with Crippen LogP contribution in [0.25, 0.3) is 0 Å². The summed E-state index contributed by atoms with van der Waals surface area (Å²) in [5.74, 6) is 0.580. The quantitative estimate of drug-likeness (QED) is 0.835.